The van der Waals surface area contributed by atoms with Gasteiger partial charge in [-0.25, -0.2) is 5.26 Å². The van der Waals surface area contributed by atoms with Crippen LogP contribution in [0.1, 0.15) is 6.42 Å². The van der Waals surface area contributed by atoms with Gasteiger partial charge in [0.25, 0.3) is 0 Å². The molecule has 0 spiro atoms. The Bertz CT molecular complexity index is 169. The molecule has 0 aliphatic carbocycles. The van der Waals surface area contributed by atoms with E-state index in [1.54, 1.807) is 0 Å². The molecule has 0 aromatic carbocycles. The minimum Gasteiger partial charge on any atom is -0.481 e. The van der Waals surface area contributed by atoms with Crippen molar-refractivity contribution in [3.8, 4) is 0 Å². The lowest BCUT2D eigenvalue weighted by molar-refractivity contribution is -0.432. The van der Waals surface area contributed by atoms with Gasteiger partial charge >= 0.3 is 11.9 Å². The lowest BCUT2D eigenvalue weighted by Gasteiger charge is -2.04. The zero-order chi connectivity index (χ0) is 9.56. The molecule has 0 aliphatic rings. The van der Waals surface area contributed by atoms with Gasteiger partial charge in [0.15, 0.2) is 0 Å². The van der Waals surface area contributed by atoms with E-state index in [1.165, 1.54) is 0 Å². The number of carboxylic acids is 2. The quantitative estimate of drug-likeness (QED) is 0.310. The number of hydrogen-bond donors (Lipinski definition) is 3. The second-order valence-corrected chi connectivity index (χ2v) is 2.56. The van der Waals surface area contributed by atoms with Gasteiger partial charge in [-0.2, -0.15) is 0 Å². The zero-order valence-electron chi connectivity index (χ0n) is 5.67. The molecule has 0 rings (SSSR count). The summed E-state index contributed by atoms with van der Waals surface area (Å²) >= 11 is 0.205. The maximum absolute atomic E-state index is 10.2. The third-order valence-corrected chi connectivity index (χ3v) is 1.56. The topological polar surface area (TPSA) is 113 Å². The van der Waals surface area contributed by atoms with Crippen molar-refractivity contribution < 1.29 is 34.4 Å². The van der Waals surface area contributed by atoms with Crippen molar-refractivity contribution in [3.63, 3.8) is 0 Å². The predicted octanol–water partition coefficient (Wildman–Crippen LogP) is -0.0163. The van der Waals surface area contributed by atoms with Gasteiger partial charge < -0.3 is 10.2 Å². The highest BCUT2D eigenvalue weighted by molar-refractivity contribution is 7.95. The van der Waals surface area contributed by atoms with Crippen LogP contribution in [0.2, 0.25) is 0 Å². The van der Waals surface area contributed by atoms with Crippen LogP contribution in [-0.4, -0.2) is 32.7 Å². The molecule has 7 nitrogen and oxygen atoms in total. The molecule has 0 aliphatic heterocycles. The monoisotopic (exact) mass is 198 g/mol. The fourth-order valence-corrected chi connectivity index (χ4v) is 0.809. The second-order valence-electron chi connectivity index (χ2n) is 1.66. The van der Waals surface area contributed by atoms with Gasteiger partial charge in [-0.1, -0.05) is 5.04 Å². The molecule has 0 fully saturated rings. The highest BCUT2D eigenvalue weighted by Gasteiger charge is 2.23. The Balaban J connectivity index is 3.87. The van der Waals surface area contributed by atoms with E-state index in [0.717, 1.165) is 0 Å². The zero-order valence-corrected chi connectivity index (χ0v) is 6.48. The van der Waals surface area contributed by atoms with E-state index in [0.29, 0.717) is 0 Å². The number of rotatable bonds is 6. The molecule has 0 aromatic heterocycles. The largest absolute Gasteiger partial charge is 0.481 e. The summed E-state index contributed by atoms with van der Waals surface area (Å²) in [7, 11) is 0. The summed E-state index contributed by atoms with van der Waals surface area (Å²) < 4.78 is 3.79. The third-order valence-electron chi connectivity index (χ3n) is 0.821. The lowest BCUT2D eigenvalue weighted by Crippen LogP contribution is -2.20. The molecule has 0 bridgehead atoms. The standard InChI is InChI=1S/C4H6O7S/c5-3(6)1-2(4(7)8)12-11-10-9/h2,9H,1H2,(H,5,6)(H,7,8). The first-order chi connectivity index (χ1) is 5.57. The van der Waals surface area contributed by atoms with Crippen molar-refractivity contribution in [2.45, 2.75) is 11.7 Å². The van der Waals surface area contributed by atoms with Crippen molar-refractivity contribution >= 4 is 24.0 Å². The van der Waals surface area contributed by atoms with E-state index >= 15 is 0 Å². The summed E-state index contributed by atoms with van der Waals surface area (Å²) in [6, 6.07) is 0. The first-order valence-corrected chi connectivity index (χ1v) is 3.46. The van der Waals surface area contributed by atoms with Crippen molar-refractivity contribution in [2.24, 2.45) is 0 Å². The fraction of sp³-hybridized carbons (Fsp3) is 0.500. The molecular weight excluding hydrogens is 192 g/mol. The van der Waals surface area contributed by atoms with E-state index < -0.39 is 23.6 Å². The third kappa shape index (κ3) is 4.91. The SMILES string of the molecule is O=C(O)CC(SOOO)C(=O)O. The molecule has 0 saturated heterocycles. The molecule has 0 heterocycles. The molecule has 3 N–H and O–H groups in total. The number of aliphatic carboxylic acids is 2. The van der Waals surface area contributed by atoms with Crippen LogP contribution in [0.25, 0.3) is 0 Å². The molecule has 8 heteroatoms. The van der Waals surface area contributed by atoms with Gasteiger partial charge in [0, 0.05) is 0 Å². The number of carbonyl (C=O) groups is 2. The van der Waals surface area contributed by atoms with Crippen LogP contribution in [0.15, 0.2) is 0 Å². The smallest absolute Gasteiger partial charge is 0.319 e. The first kappa shape index (κ1) is 11.2. The molecule has 0 saturated carbocycles. The van der Waals surface area contributed by atoms with Crippen LogP contribution in [0.3, 0.4) is 0 Å². The van der Waals surface area contributed by atoms with Crippen LogP contribution in [-0.2, 0) is 19.0 Å². The second kappa shape index (κ2) is 5.77. The summed E-state index contributed by atoms with van der Waals surface area (Å²) in [5, 5.41) is 26.0. The summed E-state index contributed by atoms with van der Waals surface area (Å²) in [6.45, 7) is 0. The van der Waals surface area contributed by atoms with Crippen LogP contribution in [0.4, 0.5) is 0 Å². The summed E-state index contributed by atoms with van der Waals surface area (Å²) in [6.07, 6.45) is -0.622. The van der Waals surface area contributed by atoms with Gasteiger partial charge in [-0.05, 0) is 0 Å². The molecule has 12 heavy (non-hydrogen) atoms. The van der Waals surface area contributed by atoms with Gasteiger partial charge in [-0.3, -0.25) is 9.59 Å². The van der Waals surface area contributed by atoms with Crippen molar-refractivity contribution in [2.75, 3.05) is 0 Å². The Morgan fingerprint density at radius 2 is 2.00 bits per heavy atom. The Morgan fingerprint density at radius 1 is 1.42 bits per heavy atom. The van der Waals surface area contributed by atoms with Crippen molar-refractivity contribution in [3.05, 3.63) is 0 Å². The van der Waals surface area contributed by atoms with Crippen LogP contribution >= 0.6 is 12.0 Å². The normalized spacial score (nSPS) is 12.4. The van der Waals surface area contributed by atoms with Crippen LogP contribution < -0.4 is 0 Å². The lowest BCUT2D eigenvalue weighted by atomic mass is 10.3. The summed E-state index contributed by atoms with van der Waals surface area (Å²) in [4.78, 5) is 20.3. The van der Waals surface area contributed by atoms with E-state index in [-0.39, 0.29) is 12.0 Å². The van der Waals surface area contributed by atoms with Gasteiger partial charge in [-0.15, -0.1) is 4.33 Å². The molecule has 0 radical (unpaired) electrons. The molecule has 0 amide bonds. The maximum Gasteiger partial charge on any atom is 0.319 e. The Kier molecular flexibility index (Phi) is 5.37. The fourth-order valence-electron chi connectivity index (χ4n) is 0.386. The highest BCUT2D eigenvalue weighted by atomic mass is 32.2. The predicted molar refractivity (Wildman–Crippen MR) is 36.1 cm³/mol. The van der Waals surface area contributed by atoms with E-state index in [9.17, 15) is 9.59 Å². The summed E-state index contributed by atoms with van der Waals surface area (Å²) in [5.74, 6) is -2.64. The first-order valence-electron chi connectivity index (χ1n) is 2.66. The van der Waals surface area contributed by atoms with E-state index in [4.69, 9.17) is 15.5 Å². The maximum atomic E-state index is 10.2. The molecule has 1 unspecified atom stereocenters. The van der Waals surface area contributed by atoms with Crippen LogP contribution in [0.5, 0.6) is 0 Å². The highest BCUT2D eigenvalue weighted by Crippen LogP contribution is 2.15. The van der Waals surface area contributed by atoms with E-state index in [1.807, 2.05) is 0 Å². The molecule has 0 aromatic rings. The minimum atomic E-state index is -1.36. The van der Waals surface area contributed by atoms with Crippen molar-refractivity contribution in [1.29, 1.82) is 0 Å². The van der Waals surface area contributed by atoms with Crippen molar-refractivity contribution in [1.82, 2.24) is 0 Å². The molecule has 70 valence electrons. The van der Waals surface area contributed by atoms with E-state index in [2.05, 4.69) is 9.37 Å². The Morgan fingerprint density at radius 3 is 2.33 bits per heavy atom. The Hall–Kier alpha value is -0.830. The number of hydrogen-bond acceptors (Lipinski definition) is 6. The average Bonchev–Trinajstić information content (AvgIpc) is 1.96. The minimum absolute atomic E-state index is 0.205. The van der Waals surface area contributed by atoms with Crippen LogP contribution in [0, 0.1) is 0 Å². The van der Waals surface area contributed by atoms with Gasteiger partial charge in [0.1, 0.15) is 5.25 Å². The Labute approximate surface area is 71.0 Å². The van der Waals surface area contributed by atoms with Gasteiger partial charge in [0.05, 0.1) is 18.5 Å². The van der Waals surface area contributed by atoms with Gasteiger partial charge in [0.2, 0.25) is 0 Å². The summed E-state index contributed by atoms with van der Waals surface area (Å²) in [5.41, 5.74) is 0. The average molecular weight is 198 g/mol. The number of carboxylic acid groups (broad SMARTS) is 2. The molecule has 1 atom stereocenters. The molecular formula is C4H6O7S.